The molecular weight excluding hydrogens is 240 g/mol. The lowest BCUT2D eigenvalue weighted by atomic mass is 10.0. The molecule has 1 rings (SSSR count). The van der Waals surface area contributed by atoms with E-state index in [1.165, 1.54) is 11.8 Å². The first-order chi connectivity index (χ1) is 8.88. The fourth-order valence-corrected chi connectivity index (χ4v) is 2.13. The second kappa shape index (κ2) is 6.36. The SMILES string of the molecule is CCC/C(C)=C\c1c(C)ncc(C(=O)O)c1N(C)C. The molecule has 1 N–H and O–H groups in total. The first-order valence-electron chi connectivity index (χ1n) is 6.45. The van der Waals surface area contributed by atoms with Crippen LogP contribution in [0.15, 0.2) is 11.8 Å². The van der Waals surface area contributed by atoms with Crippen LogP contribution in [-0.2, 0) is 0 Å². The number of hydrogen-bond donors (Lipinski definition) is 1. The van der Waals surface area contributed by atoms with E-state index >= 15 is 0 Å². The van der Waals surface area contributed by atoms with E-state index in [0.717, 1.165) is 29.8 Å². The Kier molecular flexibility index (Phi) is 5.10. The highest BCUT2D eigenvalue weighted by molar-refractivity contribution is 5.96. The second-order valence-corrected chi connectivity index (χ2v) is 4.96. The van der Waals surface area contributed by atoms with Gasteiger partial charge in [-0.2, -0.15) is 0 Å². The van der Waals surface area contributed by atoms with Crippen molar-refractivity contribution in [3.8, 4) is 0 Å². The van der Waals surface area contributed by atoms with Gasteiger partial charge in [-0.05, 0) is 20.3 Å². The topological polar surface area (TPSA) is 53.4 Å². The van der Waals surface area contributed by atoms with Gasteiger partial charge in [0.25, 0.3) is 0 Å². The molecule has 0 aliphatic heterocycles. The Morgan fingerprint density at radius 3 is 2.58 bits per heavy atom. The molecule has 0 saturated heterocycles. The number of aromatic carboxylic acids is 1. The summed E-state index contributed by atoms with van der Waals surface area (Å²) < 4.78 is 0. The summed E-state index contributed by atoms with van der Waals surface area (Å²) in [6, 6.07) is 0. The van der Waals surface area contributed by atoms with E-state index in [2.05, 4.69) is 18.8 Å². The van der Waals surface area contributed by atoms with E-state index in [-0.39, 0.29) is 5.56 Å². The molecule has 0 aliphatic carbocycles. The lowest BCUT2D eigenvalue weighted by Gasteiger charge is -2.20. The lowest BCUT2D eigenvalue weighted by Crippen LogP contribution is -2.17. The second-order valence-electron chi connectivity index (χ2n) is 4.96. The van der Waals surface area contributed by atoms with Crippen molar-refractivity contribution in [3.05, 3.63) is 28.6 Å². The minimum atomic E-state index is -0.945. The van der Waals surface area contributed by atoms with Crippen LogP contribution in [0.25, 0.3) is 6.08 Å². The van der Waals surface area contributed by atoms with Crippen molar-refractivity contribution in [2.24, 2.45) is 0 Å². The van der Waals surface area contributed by atoms with Gasteiger partial charge in [-0.3, -0.25) is 4.98 Å². The van der Waals surface area contributed by atoms with E-state index in [9.17, 15) is 9.90 Å². The number of carboxylic acids is 1. The van der Waals surface area contributed by atoms with Gasteiger partial charge in [0.1, 0.15) is 5.56 Å². The predicted octanol–water partition coefficient (Wildman–Crippen LogP) is 3.36. The summed E-state index contributed by atoms with van der Waals surface area (Å²) in [5.41, 5.74) is 3.94. The van der Waals surface area contributed by atoms with Gasteiger partial charge in [-0.1, -0.05) is 25.0 Å². The molecule has 0 spiro atoms. The highest BCUT2D eigenvalue weighted by atomic mass is 16.4. The van der Waals surface area contributed by atoms with Crippen LogP contribution in [0.1, 0.15) is 48.3 Å². The summed E-state index contributed by atoms with van der Waals surface area (Å²) in [4.78, 5) is 17.4. The minimum Gasteiger partial charge on any atom is -0.478 e. The Bertz CT molecular complexity index is 505. The van der Waals surface area contributed by atoms with E-state index in [4.69, 9.17) is 0 Å². The number of pyridine rings is 1. The van der Waals surface area contributed by atoms with E-state index in [1.54, 1.807) is 0 Å². The van der Waals surface area contributed by atoms with Crippen LogP contribution in [0.4, 0.5) is 5.69 Å². The third-order valence-electron chi connectivity index (χ3n) is 3.00. The Hall–Kier alpha value is -1.84. The number of aryl methyl sites for hydroxylation is 1. The van der Waals surface area contributed by atoms with Crippen molar-refractivity contribution in [3.63, 3.8) is 0 Å². The van der Waals surface area contributed by atoms with Crippen molar-refractivity contribution in [2.75, 3.05) is 19.0 Å². The smallest absolute Gasteiger partial charge is 0.339 e. The first-order valence-corrected chi connectivity index (χ1v) is 6.45. The summed E-state index contributed by atoms with van der Waals surface area (Å²) in [5.74, 6) is -0.945. The molecule has 0 amide bonds. The lowest BCUT2D eigenvalue weighted by molar-refractivity contribution is 0.0697. The summed E-state index contributed by atoms with van der Waals surface area (Å²) in [5, 5.41) is 9.28. The zero-order chi connectivity index (χ0) is 14.6. The fraction of sp³-hybridized carbons (Fsp3) is 0.467. The van der Waals surface area contributed by atoms with Crippen LogP contribution >= 0.6 is 0 Å². The van der Waals surface area contributed by atoms with E-state index < -0.39 is 5.97 Å². The molecule has 1 heterocycles. The third kappa shape index (κ3) is 3.56. The Balaban J connectivity index is 3.48. The van der Waals surface area contributed by atoms with Crippen molar-refractivity contribution in [1.82, 2.24) is 4.98 Å². The van der Waals surface area contributed by atoms with Gasteiger partial charge in [-0.15, -0.1) is 0 Å². The summed E-state index contributed by atoms with van der Waals surface area (Å²) >= 11 is 0. The van der Waals surface area contributed by atoms with Crippen LogP contribution in [0.3, 0.4) is 0 Å². The molecule has 4 nitrogen and oxygen atoms in total. The standard InChI is InChI=1S/C15H22N2O2/c1-6-7-10(2)8-12-11(3)16-9-13(15(18)19)14(12)17(4)5/h8-9H,6-7H2,1-5H3,(H,18,19)/b10-8-. The average molecular weight is 262 g/mol. The summed E-state index contributed by atoms with van der Waals surface area (Å²) in [6.45, 7) is 6.10. The molecule has 19 heavy (non-hydrogen) atoms. The van der Waals surface area contributed by atoms with E-state index in [0.29, 0.717) is 0 Å². The quantitative estimate of drug-likeness (QED) is 0.884. The Morgan fingerprint density at radius 1 is 1.47 bits per heavy atom. The van der Waals surface area contributed by atoms with Gasteiger partial charge < -0.3 is 10.0 Å². The van der Waals surface area contributed by atoms with Crippen molar-refractivity contribution < 1.29 is 9.90 Å². The van der Waals surface area contributed by atoms with Gasteiger partial charge in [0.2, 0.25) is 0 Å². The van der Waals surface area contributed by atoms with E-state index in [1.807, 2.05) is 32.0 Å². The number of carboxylic acid groups (broad SMARTS) is 1. The maximum Gasteiger partial charge on any atom is 0.339 e. The van der Waals surface area contributed by atoms with Crippen LogP contribution in [0, 0.1) is 6.92 Å². The van der Waals surface area contributed by atoms with Crippen LogP contribution in [-0.4, -0.2) is 30.2 Å². The average Bonchev–Trinajstić information content (AvgIpc) is 2.31. The van der Waals surface area contributed by atoms with Crippen molar-refractivity contribution in [1.29, 1.82) is 0 Å². The third-order valence-corrected chi connectivity index (χ3v) is 3.00. The van der Waals surface area contributed by atoms with Gasteiger partial charge in [-0.25, -0.2) is 4.79 Å². The normalized spacial score (nSPS) is 11.5. The van der Waals surface area contributed by atoms with Crippen LogP contribution < -0.4 is 4.90 Å². The highest BCUT2D eigenvalue weighted by Gasteiger charge is 2.17. The molecule has 0 fully saturated rings. The largest absolute Gasteiger partial charge is 0.478 e. The number of carbonyl (C=O) groups is 1. The molecule has 0 aromatic carbocycles. The molecule has 0 bridgehead atoms. The maximum atomic E-state index is 11.3. The van der Waals surface area contributed by atoms with Gasteiger partial charge in [0, 0.05) is 31.5 Å². The molecule has 0 radical (unpaired) electrons. The molecule has 4 heteroatoms. The highest BCUT2D eigenvalue weighted by Crippen LogP contribution is 2.28. The summed E-state index contributed by atoms with van der Waals surface area (Å²) in [7, 11) is 3.71. The zero-order valence-corrected chi connectivity index (χ0v) is 12.3. The zero-order valence-electron chi connectivity index (χ0n) is 12.3. The van der Waals surface area contributed by atoms with Gasteiger partial charge >= 0.3 is 5.97 Å². The molecule has 0 unspecified atom stereocenters. The molecule has 1 aromatic heterocycles. The molecule has 0 atom stereocenters. The van der Waals surface area contributed by atoms with Crippen LogP contribution in [0.5, 0.6) is 0 Å². The predicted molar refractivity (Wildman–Crippen MR) is 78.8 cm³/mol. The van der Waals surface area contributed by atoms with Crippen molar-refractivity contribution in [2.45, 2.75) is 33.6 Å². The summed E-state index contributed by atoms with van der Waals surface area (Å²) in [6.07, 6.45) is 5.56. The Morgan fingerprint density at radius 2 is 2.11 bits per heavy atom. The molecule has 104 valence electrons. The molecular formula is C15H22N2O2. The van der Waals surface area contributed by atoms with Gasteiger partial charge in [0.15, 0.2) is 0 Å². The fourth-order valence-electron chi connectivity index (χ4n) is 2.13. The number of aromatic nitrogens is 1. The first kappa shape index (κ1) is 15.2. The number of anilines is 1. The number of allylic oxidation sites excluding steroid dienone is 1. The number of rotatable bonds is 5. The molecule has 0 saturated carbocycles. The van der Waals surface area contributed by atoms with Crippen molar-refractivity contribution >= 4 is 17.7 Å². The minimum absolute atomic E-state index is 0.242. The van der Waals surface area contributed by atoms with Gasteiger partial charge in [0.05, 0.1) is 5.69 Å². The Labute approximate surface area is 114 Å². The maximum absolute atomic E-state index is 11.3. The number of hydrogen-bond acceptors (Lipinski definition) is 3. The monoisotopic (exact) mass is 262 g/mol. The van der Waals surface area contributed by atoms with Crippen LogP contribution in [0.2, 0.25) is 0 Å². The molecule has 1 aromatic rings. The number of nitrogens with zero attached hydrogens (tertiary/aromatic N) is 2. The molecule has 0 aliphatic rings.